The Morgan fingerprint density at radius 1 is 0.811 bits per heavy atom. The first kappa shape index (κ1) is 38.8. The lowest BCUT2D eigenvalue weighted by atomic mass is 9.95. The van der Waals surface area contributed by atoms with Crippen LogP contribution in [0.1, 0.15) is 52.6 Å². The zero-order valence-electron chi connectivity index (χ0n) is 28.9. The minimum Gasteiger partial charge on any atom is -0.406 e. The van der Waals surface area contributed by atoms with Crippen molar-refractivity contribution in [3.8, 4) is 28.3 Å². The van der Waals surface area contributed by atoms with Gasteiger partial charge in [0, 0.05) is 34.8 Å². The summed E-state index contributed by atoms with van der Waals surface area (Å²) in [5, 5.41) is 26.0. The molecule has 0 fully saturated rings. The number of hydrogen-bond donors (Lipinski definition) is 4. The number of carbonyl (C=O) groups excluding carboxylic acids is 3. The molecular weight excluding hydrogens is 710 g/mol. The third kappa shape index (κ3) is 10.3. The number of aromatic nitrogens is 2. The highest BCUT2D eigenvalue weighted by Gasteiger charge is 2.33. The van der Waals surface area contributed by atoms with E-state index in [0.717, 1.165) is 4.88 Å². The van der Waals surface area contributed by atoms with Crippen LogP contribution in [0.5, 0.6) is 5.75 Å². The second kappa shape index (κ2) is 16.5. The van der Waals surface area contributed by atoms with Crippen molar-refractivity contribution in [1.82, 2.24) is 20.6 Å². The molecule has 10 nitrogen and oxygen atoms in total. The molecule has 5 rings (SSSR count). The van der Waals surface area contributed by atoms with E-state index >= 15 is 0 Å². The van der Waals surface area contributed by atoms with Gasteiger partial charge >= 0.3 is 6.36 Å². The Morgan fingerprint density at radius 2 is 1.43 bits per heavy atom. The van der Waals surface area contributed by atoms with Crippen LogP contribution in [0.25, 0.3) is 22.5 Å². The predicted molar refractivity (Wildman–Crippen MR) is 193 cm³/mol. The molecule has 53 heavy (non-hydrogen) atoms. The predicted octanol–water partition coefficient (Wildman–Crippen LogP) is 6.19. The number of rotatable bonds is 13. The van der Waals surface area contributed by atoms with E-state index in [1.807, 2.05) is 26.8 Å². The van der Waals surface area contributed by atoms with Gasteiger partial charge < -0.3 is 25.6 Å². The highest BCUT2D eigenvalue weighted by Crippen LogP contribution is 2.30. The molecule has 276 valence electrons. The molecule has 2 heterocycles. The van der Waals surface area contributed by atoms with Crippen LogP contribution in [0.2, 0.25) is 0 Å². The molecule has 0 spiro atoms. The fourth-order valence-corrected chi connectivity index (χ4v) is 6.30. The number of amides is 2. The molecule has 3 aromatic carbocycles. The van der Waals surface area contributed by atoms with Crippen LogP contribution < -0.4 is 15.4 Å². The van der Waals surface area contributed by atoms with Crippen molar-refractivity contribution < 1.29 is 42.5 Å². The third-order valence-electron chi connectivity index (χ3n) is 8.17. The average Bonchev–Trinajstić information content (AvgIpc) is 3.65. The number of ketones is 1. The number of ether oxygens (including phenoxy) is 1. The van der Waals surface area contributed by atoms with Crippen molar-refractivity contribution in [1.29, 1.82) is 0 Å². The Balaban J connectivity index is 1.34. The van der Waals surface area contributed by atoms with Crippen LogP contribution in [0.3, 0.4) is 0 Å². The molecule has 0 bridgehead atoms. The zero-order valence-corrected chi connectivity index (χ0v) is 29.7. The molecule has 0 aliphatic rings. The van der Waals surface area contributed by atoms with Crippen molar-refractivity contribution in [3.63, 3.8) is 0 Å². The van der Waals surface area contributed by atoms with Gasteiger partial charge in [0.1, 0.15) is 30.5 Å². The second-order valence-corrected chi connectivity index (χ2v) is 14.3. The Bertz CT molecular complexity index is 2010. The van der Waals surface area contributed by atoms with Gasteiger partial charge in [-0.05, 0) is 46.4 Å². The molecule has 2 unspecified atom stereocenters. The molecule has 14 heteroatoms. The molecule has 3 atom stereocenters. The summed E-state index contributed by atoms with van der Waals surface area (Å²) in [4.78, 5) is 50.2. The summed E-state index contributed by atoms with van der Waals surface area (Å²) in [6.45, 7) is 5.14. The summed E-state index contributed by atoms with van der Waals surface area (Å²) < 4.78 is 41.4. The van der Waals surface area contributed by atoms with E-state index in [2.05, 4.69) is 25.3 Å². The van der Waals surface area contributed by atoms with Crippen molar-refractivity contribution >= 4 is 28.9 Å². The largest absolute Gasteiger partial charge is 0.573 e. The van der Waals surface area contributed by atoms with Gasteiger partial charge in [0.25, 0.3) is 5.91 Å². The number of alkyl halides is 3. The molecule has 4 N–H and O–H groups in total. The van der Waals surface area contributed by atoms with Gasteiger partial charge in [0.2, 0.25) is 5.91 Å². The number of nitrogens with zero attached hydrogens (tertiary/aromatic N) is 2. The van der Waals surface area contributed by atoms with Gasteiger partial charge in [0.05, 0.1) is 4.88 Å². The first-order chi connectivity index (χ1) is 25.1. The molecule has 0 saturated heterocycles. The maximum absolute atomic E-state index is 13.8. The van der Waals surface area contributed by atoms with E-state index in [9.17, 15) is 37.8 Å². The molecule has 0 radical (unpaired) electrons. The Hall–Kier alpha value is -5.44. The van der Waals surface area contributed by atoms with E-state index in [0.29, 0.717) is 38.5 Å². The third-order valence-corrected chi connectivity index (χ3v) is 9.68. The van der Waals surface area contributed by atoms with Crippen molar-refractivity contribution in [2.75, 3.05) is 6.61 Å². The van der Waals surface area contributed by atoms with E-state index in [4.69, 9.17) is 0 Å². The van der Waals surface area contributed by atoms with Crippen molar-refractivity contribution in [2.45, 2.75) is 57.2 Å². The smallest absolute Gasteiger partial charge is 0.406 e. The number of nitrogens with one attached hydrogen (secondary N) is 2. The summed E-state index contributed by atoms with van der Waals surface area (Å²) in [6.07, 6.45) is -3.18. The zero-order chi connectivity index (χ0) is 38.3. The highest BCUT2D eigenvalue weighted by atomic mass is 32.1. The molecule has 0 saturated carbocycles. The van der Waals surface area contributed by atoms with Gasteiger partial charge in [0.15, 0.2) is 11.6 Å². The fourth-order valence-electron chi connectivity index (χ4n) is 5.33. The number of carbonyl (C=O) groups is 3. The highest BCUT2D eigenvalue weighted by molar-refractivity contribution is 7.14. The van der Waals surface area contributed by atoms with Gasteiger partial charge in [-0.1, -0.05) is 87.5 Å². The van der Waals surface area contributed by atoms with Crippen LogP contribution in [-0.4, -0.2) is 62.8 Å². The van der Waals surface area contributed by atoms with E-state index in [1.165, 1.54) is 48.0 Å². The summed E-state index contributed by atoms with van der Waals surface area (Å²) in [5.41, 5.74) is 2.59. The second-order valence-electron chi connectivity index (χ2n) is 13.2. The van der Waals surface area contributed by atoms with Crippen LogP contribution in [0.4, 0.5) is 13.2 Å². The average molecular weight is 747 g/mol. The van der Waals surface area contributed by atoms with Crippen LogP contribution in [-0.2, 0) is 21.4 Å². The van der Waals surface area contributed by atoms with E-state index in [1.54, 1.807) is 60.7 Å². The number of thiophene rings is 1. The normalized spacial score (nSPS) is 13.4. The lowest BCUT2D eigenvalue weighted by Crippen LogP contribution is -2.54. The summed E-state index contributed by atoms with van der Waals surface area (Å²) >= 11 is 1.30. The monoisotopic (exact) mass is 746 g/mol. The van der Waals surface area contributed by atoms with Gasteiger partial charge in [-0.25, -0.2) is 9.97 Å². The number of hydrogen-bond acceptors (Lipinski definition) is 9. The summed E-state index contributed by atoms with van der Waals surface area (Å²) in [6, 6.07) is 21.4. The minimum atomic E-state index is -4.79. The van der Waals surface area contributed by atoms with E-state index < -0.39 is 48.8 Å². The minimum absolute atomic E-state index is 0.00463. The lowest BCUT2D eigenvalue weighted by molar-refractivity contribution is -0.274. The molecule has 2 aromatic heterocycles. The standard InChI is InChI=1S/C39H37F3N4O6S/c1-38(2,3)32-18-17-31(53-32)37(51)45-29(36(50)46-33(30(48)22-47)34(49)25-7-5-4-6-8-25)19-23-9-11-26(12-10-23)35-43-20-27(21-44-35)24-13-15-28(16-14-24)52-39(40,41)42/h4-18,20-21,29,33-34,47,49H,19,22H2,1-3H3,(H,45,51)(H,46,50)/t29-,33?,34?/m0/s1. The van der Waals surface area contributed by atoms with Gasteiger partial charge in [-0.3, -0.25) is 14.4 Å². The number of halogens is 3. The molecule has 0 aliphatic heterocycles. The van der Waals surface area contributed by atoms with Crippen LogP contribution in [0.15, 0.2) is 103 Å². The lowest BCUT2D eigenvalue weighted by Gasteiger charge is -2.26. The van der Waals surface area contributed by atoms with Crippen molar-refractivity contribution in [2.24, 2.45) is 0 Å². The number of aliphatic hydroxyl groups excluding tert-OH is 2. The number of benzene rings is 3. The Kier molecular flexibility index (Phi) is 12.1. The molecular formula is C39H37F3N4O6S. The Morgan fingerprint density at radius 3 is 2.00 bits per heavy atom. The maximum Gasteiger partial charge on any atom is 0.573 e. The summed E-state index contributed by atoms with van der Waals surface area (Å²) in [7, 11) is 0. The topological polar surface area (TPSA) is 151 Å². The first-order valence-electron chi connectivity index (χ1n) is 16.5. The SMILES string of the molecule is CC(C)(C)c1ccc(C(=O)N[C@@H](Cc2ccc(-c3ncc(-c4ccc(OC(F)(F)F)cc4)cn3)cc2)C(=O)NC(C(=O)CO)C(O)c2ccccc2)s1. The van der Waals surface area contributed by atoms with Crippen LogP contribution >= 0.6 is 11.3 Å². The van der Waals surface area contributed by atoms with Gasteiger partial charge in [-0.2, -0.15) is 0 Å². The summed E-state index contributed by atoms with van der Waals surface area (Å²) in [5.74, 6) is -2.02. The fraction of sp³-hybridized carbons (Fsp3) is 0.256. The first-order valence-corrected chi connectivity index (χ1v) is 17.3. The Labute approximate surface area is 307 Å². The molecule has 5 aromatic rings. The van der Waals surface area contributed by atoms with Gasteiger partial charge in [-0.15, -0.1) is 24.5 Å². The van der Waals surface area contributed by atoms with Crippen molar-refractivity contribution in [3.05, 3.63) is 124 Å². The quantitative estimate of drug-likeness (QED) is 0.111. The molecule has 0 aliphatic carbocycles. The molecule has 2 amide bonds. The van der Waals surface area contributed by atoms with Crippen LogP contribution in [0, 0.1) is 0 Å². The number of Topliss-reactive ketones (excluding diaryl/α,β-unsaturated/α-hetero) is 1. The number of aliphatic hydroxyl groups is 2. The maximum atomic E-state index is 13.8. The van der Waals surface area contributed by atoms with E-state index in [-0.39, 0.29) is 17.6 Å².